The standard InChI is InChI=1S/C19H17F3N2O6/c1-30-18(27)14(10-12-4-2-3-5-15(12)24(28)29)23-17(26)16(25)11-6-8-13(9-7-11)19(20,21)22/h2-9,14,16,25H,10H2,1H3,(H,23,26)/t14-,16-/m1/s1. The number of ether oxygens (including phenoxy) is 1. The van der Waals surface area contributed by atoms with Crippen LogP contribution in [0.2, 0.25) is 0 Å². The van der Waals surface area contributed by atoms with Crippen LogP contribution in [0.1, 0.15) is 22.8 Å². The van der Waals surface area contributed by atoms with Crippen molar-refractivity contribution in [2.75, 3.05) is 7.11 Å². The lowest BCUT2D eigenvalue weighted by molar-refractivity contribution is -0.385. The summed E-state index contributed by atoms with van der Waals surface area (Å²) in [5, 5.41) is 23.5. The van der Waals surface area contributed by atoms with E-state index in [1.807, 2.05) is 0 Å². The number of nitro groups is 1. The molecule has 0 bridgehead atoms. The highest BCUT2D eigenvalue weighted by molar-refractivity contribution is 5.87. The number of halogens is 3. The Bertz CT molecular complexity index is 931. The number of hydrogen-bond donors (Lipinski definition) is 2. The zero-order valence-electron chi connectivity index (χ0n) is 15.6. The number of amides is 1. The quantitative estimate of drug-likeness (QED) is 0.399. The maximum atomic E-state index is 12.6. The molecule has 8 nitrogen and oxygen atoms in total. The third kappa shape index (κ3) is 5.54. The minimum absolute atomic E-state index is 0.130. The first-order chi connectivity index (χ1) is 14.0. The Hall–Kier alpha value is -3.47. The van der Waals surface area contributed by atoms with Gasteiger partial charge in [0.1, 0.15) is 6.04 Å². The van der Waals surface area contributed by atoms with Gasteiger partial charge in [-0.25, -0.2) is 4.79 Å². The first-order valence-electron chi connectivity index (χ1n) is 8.50. The zero-order valence-corrected chi connectivity index (χ0v) is 15.6. The number of nitrogens with zero attached hydrogens (tertiary/aromatic N) is 1. The third-order valence-corrected chi connectivity index (χ3v) is 4.22. The minimum Gasteiger partial charge on any atom is -0.467 e. The van der Waals surface area contributed by atoms with E-state index < -0.39 is 40.7 Å². The Morgan fingerprint density at radius 1 is 1.17 bits per heavy atom. The van der Waals surface area contributed by atoms with Crippen molar-refractivity contribution in [2.45, 2.75) is 24.7 Å². The van der Waals surface area contributed by atoms with E-state index in [1.165, 1.54) is 24.3 Å². The molecule has 0 spiro atoms. The topological polar surface area (TPSA) is 119 Å². The van der Waals surface area contributed by atoms with Gasteiger partial charge in [-0.2, -0.15) is 13.2 Å². The molecule has 0 aromatic heterocycles. The molecule has 30 heavy (non-hydrogen) atoms. The Kier molecular flexibility index (Phi) is 7.11. The highest BCUT2D eigenvalue weighted by Crippen LogP contribution is 2.30. The van der Waals surface area contributed by atoms with Crippen LogP contribution >= 0.6 is 0 Å². The summed E-state index contributed by atoms with van der Waals surface area (Å²) in [4.78, 5) is 34.9. The Morgan fingerprint density at radius 3 is 2.30 bits per heavy atom. The summed E-state index contributed by atoms with van der Waals surface area (Å²) >= 11 is 0. The van der Waals surface area contributed by atoms with E-state index in [0.717, 1.165) is 19.2 Å². The molecule has 0 heterocycles. The highest BCUT2D eigenvalue weighted by atomic mass is 19.4. The van der Waals surface area contributed by atoms with E-state index in [0.29, 0.717) is 12.1 Å². The molecule has 0 aliphatic rings. The van der Waals surface area contributed by atoms with Gasteiger partial charge in [0, 0.05) is 18.1 Å². The molecular weight excluding hydrogens is 409 g/mol. The largest absolute Gasteiger partial charge is 0.467 e. The summed E-state index contributed by atoms with van der Waals surface area (Å²) in [6.07, 6.45) is -6.74. The van der Waals surface area contributed by atoms with Crippen LogP contribution in [0.4, 0.5) is 18.9 Å². The number of alkyl halides is 3. The number of nitrogens with one attached hydrogen (secondary N) is 1. The second-order valence-electron chi connectivity index (χ2n) is 6.20. The average molecular weight is 426 g/mol. The van der Waals surface area contributed by atoms with E-state index in [1.54, 1.807) is 0 Å². The number of para-hydroxylation sites is 1. The molecule has 2 N–H and O–H groups in total. The SMILES string of the molecule is COC(=O)[C@@H](Cc1ccccc1[N+](=O)[O-])NC(=O)[C@H](O)c1ccc(C(F)(F)F)cc1. The fourth-order valence-corrected chi connectivity index (χ4v) is 2.67. The van der Waals surface area contributed by atoms with Gasteiger partial charge in [-0.1, -0.05) is 30.3 Å². The van der Waals surface area contributed by atoms with Crippen LogP contribution in [0.5, 0.6) is 0 Å². The normalized spacial score (nSPS) is 13.2. The number of carbonyl (C=O) groups is 2. The van der Waals surface area contributed by atoms with E-state index in [9.17, 15) is 38.0 Å². The smallest absolute Gasteiger partial charge is 0.416 e. The number of rotatable bonds is 7. The Morgan fingerprint density at radius 2 is 1.77 bits per heavy atom. The van der Waals surface area contributed by atoms with Crippen LogP contribution in [0.3, 0.4) is 0 Å². The maximum absolute atomic E-state index is 12.6. The van der Waals surface area contributed by atoms with Crippen molar-refractivity contribution in [1.29, 1.82) is 0 Å². The minimum atomic E-state index is -4.58. The van der Waals surface area contributed by atoms with Crippen LogP contribution in [-0.2, 0) is 26.9 Å². The molecule has 0 unspecified atom stereocenters. The monoisotopic (exact) mass is 426 g/mol. The highest BCUT2D eigenvalue weighted by Gasteiger charge is 2.31. The van der Waals surface area contributed by atoms with Crippen molar-refractivity contribution >= 4 is 17.6 Å². The molecular formula is C19H17F3N2O6. The lowest BCUT2D eigenvalue weighted by Gasteiger charge is -2.19. The predicted octanol–water partition coefficient (Wildman–Crippen LogP) is 2.55. The number of hydrogen-bond acceptors (Lipinski definition) is 6. The number of aliphatic hydroxyl groups excluding tert-OH is 1. The molecule has 0 aliphatic heterocycles. The fraction of sp³-hybridized carbons (Fsp3) is 0.263. The first kappa shape index (κ1) is 22.8. The van der Waals surface area contributed by atoms with Gasteiger partial charge in [-0.05, 0) is 17.7 Å². The van der Waals surface area contributed by atoms with Crippen LogP contribution in [0.25, 0.3) is 0 Å². The van der Waals surface area contributed by atoms with E-state index in [-0.39, 0.29) is 23.2 Å². The molecule has 2 rings (SSSR count). The fourth-order valence-electron chi connectivity index (χ4n) is 2.67. The van der Waals surface area contributed by atoms with Gasteiger partial charge in [0.2, 0.25) is 0 Å². The van der Waals surface area contributed by atoms with Crippen molar-refractivity contribution in [3.63, 3.8) is 0 Å². The van der Waals surface area contributed by atoms with Crippen molar-refractivity contribution in [3.05, 3.63) is 75.3 Å². The number of methoxy groups -OCH3 is 1. The van der Waals surface area contributed by atoms with Crippen LogP contribution in [-0.4, -0.2) is 35.1 Å². The second kappa shape index (κ2) is 9.35. The zero-order chi connectivity index (χ0) is 22.5. The Balaban J connectivity index is 2.19. The van der Waals surface area contributed by atoms with Crippen molar-refractivity contribution in [2.24, 2.45) is 0 Å². The van der Waals surface area contributed by atoms with Gasteiger partial charge in [-0.3, -0.25) is 14.9 Å². The number of esters is 1. The van der Waals surface area contributed by atoms with Gasteiger partial charge < -0.3 is 15.2 Å². The predicted molar refractivity (Wildman–Crippen MR) is 97.2 cm³/mol. The molecule has 0 radical (unpaired) electrons. The summed E-state index contributed by atoms with van der Waals surface area (Å²) in [6, 6.07) is 7.47. The molecule has 1 amide bonds. The number of benzene rings is 2. The first-order valence-corrected chi connectivity index (χ1v) is 8.50. The summed E-state index contributed by atoms with van der Waals surface area (Å²) in [6.45, 7) is 0. The Labute approximate surface area is 168 Å². The summed E-state index contributed by atoms with van der Waals surface area (Å²) in [5.41, 5.74) is -1.22. The average Bonchev–Trinajstić information content (AvgIpc) is 2.71. The van der Waals surface area contributed by atoms with Gasteiger partial charge in [0.05, 0.1) is 17.6 Å². The molecule has 0 aliphatic carbocycles. The molecule has 11 heteroatoms. The maximum Gasteiger partial charge on any atom is 0.416 e. The molecule has 160 valence electrons. The molecule has 0 saturated carbocycles. The summed E-state index contributed by atoms with van der Waals surface area (Å²) in [7, 11) is 1.05. The summed E-state index contributed by atoms with van der Waals surface area (Å²) < 4.78 is 42.5. The number of aliphatic hydroxyl groups is 1. The molecule has 2 aromatic rings. The lowest BCUT2D eigenvalue weighted by atomic mass is 10.0. The molecule has 2 atom stereocenters. The second-order valence-corrected chi connectivity index (χ2v) is 6.20. The third-order valence-electron chi connectivity index (χ3n) is 4.22. The van der Waals surface area contributed by atoms with Gasteiger partial charge >= 0.3 is 12.1 Å². The van der Waals surface area contributed by atoms with Crippen molar-refractivity contribution < 1.29 is 37.5 Å². The van der Waals surface area contributed by atoms with Crippen molar-refractivity contribution in [3.8, 4) is 0 Å². The van der Waals surface area contributed by atoms with E-state index >= 15 is 0 Å². The van der Waals surface area contributed by atoms with Crippen molar-refractivity contribution in [1.82, 2.24) is 5.32 Å². The lowest BCUT2D eigenvalue weighted by Crippen LogP contribution is -2.45. The number of nitro benzene ring substituents is 1. The van der Waals surface area contributed by atoms with E-state index in [2.05, 4.69) is 10.1 Å². The van der Waals surface area contributed by atoms with Gasteiger partial charge in [0.25, 0.3) is 11.6 Å². The van der Waals surface area contributed by atoms with Crippen LogP contribution in [0.15, 0.2) is 48.5 Å². The molecule has 0 saturated heterocycles. The van der Waals surface area contributed by atoms with Crippen LogP contribution < -0.4 is 5.32 Å². The molecule has 0 fully saturated rings. The van der Waals surface area contributed by atoms with Gasteiger partial charge in [-0.15, -0.1) is 0 Å². The summed E-state index contributed by atoms with van der Waals surface area (Å²) in [5.74, 6) is -2.00. The van der Waals surface area contributed by atoms with E-state index in [4.69, 9.17) is 0 Å². The molecule has 2 aromatic carbocycles. The van der Waals surface area contributed by atoms with Crippen LogP contribution in [0, 0.1) is 10.1 Å². The van der Waals surface area contributed by atoms with Gasteiger partial charge in [0.15, 0.2) is 6.10 Å². The number of carbonyl (C=O) groups excluding carboxylic acids is 2.